The number of thiophene rings is 1. The normalized spacial score (nSPS) is 10.5. The number of rotatable bonds is 8. The molecule has 0 atom stereocenters. The molecule has 1 heterocycles. The van der Waals surface area contributed by atoms with Gasteiger partial charge in [-0.1, -0.05) is 24.3 Å². The fraction of sp³-hybridized carbons (Fsp3) is 0.182. The van der Waals surface area contributed by atoms with Crippen molar-refractivity contribution in [2.75, 3.05) is 20.8 Å². The number of ether oxygens (including phenoxy) is 3. The Morgan fingerprint density at radius 3 is 1.87 bits per heavy atom. The van der Waals surface area contributed by atoms with Crippen molar-refractivity contribution in [1.82, 2.24) is 5.32 Å². The van der Waals surface area contributed by atoms with Gasteiger partial charge in [-0.3, -0.25) is 4.79 Å². The molecule has 0 aliphatic heterocycles. The van der Waals surface area contributed by atoms with E-state index in [1.165, 1.54) is 11.3 Å². The molecule has 2 aromatic carbocycles. The Hall–Kier alpha value is -2.84. The molecule has 0 aliphatic carbocycles. The highest BCUT2D eigenvalue weighted by Gasteiger charge is 2.19. The van der Waals surface area contributed by atoms with Crippen molar-refractivity contribution < 1.29 is 23.8 Å². The zero-order valence-electron chi connectivity index (χ0n) is 16.4. The maximum atomic E-state index is 12.5. The molecule has 0 saturated carbocycles. The summed E-state index contributed by atoms with van der Waals surface area (Å²) in [6.45, 7) is -0.378. The third-order valence-electron chi connectivity index (χ3n) is 4.31. The number of esters is 1. The molecule has 0 fully saturated rings. The SMILES string of the molecule is COc1ccc(C(NC(=O)COC(=O)c2ccc(Br)s2)c2ccc(OC)cc2)cc1. The number of carbonyl (C=O) groups is 2. The molecule has 1 aromatic heterocycles. The highest BCUT2D eigenvalue weighted by molar-refractivity contribution is 9.11. The molecule has 0 spiro atoms. The van der Waals surface area contributed by atoms with Crippen LogP contribution in [0.2, 0.25) is 0 Å². The summed E-state index contributed by atoms with van der Waals surface area (Å²) in [6.07, 6.45) is 0. The average molecular weight is 490 g/mol. The number of benzene rings is 2. The van der Waals surface area contributed by atoms with Gasteiger partial charge < -0.3 is 19.5 Å². The van der Waals surface area contributed by atoms with Crippen LogP contribution in [0.5, 0.6) is 11.5 Å². The molecule has 3 aromatic rings. The molecule has 8 heteroatoms. The molecule has 30 heavy (non-hydrogen) atoms. The molecule has 0 saturated heterocycles. The number of halogens is 1. The van der Waals surface area contributed by atoms with Crippen molar-refractivity contribution in [3.8, 4) is 11.5 Å². The molecule has 1 amide bonds. The smallest absolute Gasteiger partial charge is 0.348 e. The zero-order valence-corrected chi connectivity index (χ0v) is 18.8. The second kappa shape index (κ2) is 10.3. The van der Waals surface area contributed by atoms with Gasteiger partial charge in [-0.15, -0.1) is 11.3 Å². The van der Waals surface area contributed by atoms with Crippen LogP contribution in [-0.4, -0.2) is 32.7 Å². The quantitative estimate of drug-likeness (QED) is 0.468. The number of nitrogens with one attached hydrogen (secondary N) is 1. The van der Waals surface area contributed by atoms with Crippen LogP contribution >= 0.6 is 27.3 Å². The Morgan fingerprint density at radius 2 is 1.43 bits per heavy atom. The van der Waals surface area contributed by atoms with Gasteiger partial charge in [0.2, 0.25) is 0 Å². The van der Waals surface area contributed by atoms with Gasteiger partial charge in [-0.05, 0) is 63.5 Å². The first kappa shape index (κ1) is 21.9. The van der Waals surface area contributed by atoms with E-state index in [1.807, 2.05) is 48.5 Å². The lowest BCUT2D eigenvalue weighted by atomic mass is 9.98. The van der Waals surface area contributed by atoms with Crippen LogP contribution in [-0.2, 0) is 9.53 Å². The monoisotopic (exact) mass is 489 g/mol. The lowest BCUT2D eigenvalue weighted by Crippen LogP contribution is -2.33. The van der Waals surface area contributed by atoms with Crippen LogP contribution in [0.25, 0.3) is 0 Å². The summed E-state index contributed by atoms with van der Waals surface area (Å²) in [5, 5.41) is 2.93. The lowest BCUT2D eigenvalue weighted by Gasteiger charge is -2.20. The summed E-state index contributed by atoms with van der Waals surface area (Å²) in [5.74, 6) is 0.492. The predicted octanol–water partition coefficient (Wildman–Crippen LogP) is 4.59. The Balaban J connectivity index is 1.73. The highest BCUT2D eigenvalue weighted by atomic mass is 79.9. The van der Waals surface area contributed by atoms with E-state index in [0.717, 1.165) is 26.4 Å². The second-order valence-corrected chi connectivity index (χ2v) is 8.69. The van der Waals surface area contributed by atoms with Gasteiger partial charge in [0.1, 0.15) is 16.4 Å². The van der Waals surface area contributed by atoms with Gasteiger partial charge in [0.15, 0.2) is 6.61 Å². The summed E-state index contributed by atoms with van der Waals surface area (Å²) in [7, 11) is 3.19. The standard InChI is InChI=1S/C22H20BrNO5S/c1-27-16-7-3-14(4-8-16)21(15-5-9-17(28-2)10-6-15)24-20(25)13-29-22(26)18-11-12-19(23)30-18/h3-12,21H,13H2,1-2H3,(H,24,25). The summed E-state index contributed by atoms with van der Waals surface area (Å²) in [4.78, 5) is 25.1. The summed E-state index contributed by atoms with van der Waals surface area (Å²) >= 11 is 4.55. The third kappa shape index (κ3) is 5.61. The van der Waals surface area contributed by atoms with E-state index in [-0.39, 0.29) is 6.61 Å². The van der Waals surface area contributed by atoms with Gasteiger partial charge in [0.25, 0.3) is 5.91 Å². The van der Waals surface area contributed by atoms with Gasteiger partial charge >= 0.3 is 5.97 Å². The van der Waals surface area contributed by atoms with E-state index in [4.69, 9.17) is 14.2 Å². The minimum absolute atomic E-state index is 0.378. The van der Waals surface area contributed by atoms with Crippen LogP contribution in [0.15, 0.2) is 64.5 Å². The molecule has 6 nitrogen and oxygen atoms in total. The second-order valence-electron chi connectivity index (χ2n) is 6.23. The van der Waals surface area contributed by atoms with Crippen molar-refractivity contribution in [1.29, 1.82) is 0 Å². The van der Waals surface area contributed by atoms with Crippen LogP contribution in [0.4, 0.5) is 0 Å². The predicted molar refractivity (Wildman–Crippen MR) is 118 cm³/mol. The Kier molecular flexibility index (Phi) is 7.48. The van der Waals surface area contributed by atoms with Crippen LogP contribution in [0, 0.1) is 0 Å². The molecular formula is C22H20BrNO5S. The minimum Gasteiger partial charge on any atom is -0.497 e. The maximum absolute atomic E-state index is 12.5. The molecule has 3 rings (SSSR count). The van der Waals surface area contributed by atoms with E-state index in [1.54, 1.807) is 26.4 Å². The van der Waals surface area contributed by atoms with Crippen molar-refractivity contribution in [2.24, 2.45) is 0 Å². The maximum Gasteiger partial charge on any atom is 0.348 e. The van der Waals surface area contributed by atoms with Crippen LogP contribution < -0.4 is 14.8 Å². The van der Waals surface area contributed by atoms with Crippen molar-refractivity contribution in [3.63, 3.8) is 0 Å². The topological polar surface area (TPSA) is 73.9 Å². The van der Waals surface area contributed by atoms with Crippen molar-refractivity contribution >= 4 is 39.1 Å². The first-order valence-electron chi connectivity index (χ1n) is 9.00. The number of amides is 1. The van der Waals surface area contributed by atoms with Gasteiger partial charge in [0.05, 0.1) is 24.0 Å². The van der Waals surface area contributed by atoms with E-state index in [0.29, 0.717) is 4.88 Å². The Labute approximate surface area is 186 Å². The molecule has 0 unspecified atom stereocenters. The Morgan fingerprint density at radius 1 is 0.900 bits per heavy atom. The highest BCUT2D eigenvalue weighted by Crippen LogP contribution is 2.26. The third-order valence-corrected chi connectivity index (χ3v) is 5.92. The largest absolute Gasteiger partial charge is 0.497 e. The minimum atomic E-state index is -0.536. The molecule has 0 aliphatic rings. The van der Waals surface area contributed by atoms with E-state index in [9.17, 15) is 9.59 Å². The molecular weight excluding hydrogens is 470 g/mol. The first-order chi connectivity index (χ1) is 14.5. The zero-order chi connectivity index (χ0) is 21.5. The first-order valence-corrected chi connectivity index (χ1v) is 10.6. The van der Waals surface area contributed by atoms with Gasteiger partial charge in [-0.25, -0.2) is 4.79 Å². The fourth-order valence-electron chi connectivity index (χ4n) is 2.78. The van der Waals surface area contributed by atoms with Crippen LogP contribution in [0.1, 0.15) is 26.8 Å². The molecule has 0 radical (unpaired) electrons. The van der Waals surface area contributed by atoms with Crippen molar-refractivity contribution in [3.05, 3.63) is 80.5 Å². The summed E-state index contributed by atoms with van der Waals surface area (Å²) < 4.78 is 16.4. The Bertz CT molecular complexity index is 954. The summed E-state index contributed by atoms with van der Waals surface area (Å²) in [5.41, 5.74) is 1.73. The van der Waals surface area contributed by atoms with E-state index >= 15 is 0 Å². The van der Waals surface area contributed by atoms with E-state index in [2.05, 4.69) is 21.2 Å². The molecule has 0 bridgehead atoms. The number of carbonyl (C=O) groups excluding carboxylic acids is 2. The summed E-state index contributed by atoms with van der Waals surface area (Å²) in [6, 6.07) is 17.8. The molecule has 156 valence electrons. The fourth-order valence-corrected chi connectivity index (χ4v) is 4.06. The number of hydrogen-bond donors (Lipinski definition) is 1. The number of methoxy groups -OCH3 is 2. The van der Waals surface area contributed by atoms with Gasteiger partial charge in [-0.2, -0.15) is 0 Å². The lowest BCUT2D eigenvalue weighted by molar-refractivity contribution is -0.124. The van der Waals surface area contributed by atoms with Crippen LogP contribution in [0.3, 0.4) is 0 Å². The van der Waals surface area contributed by atoms with E-state index < -0.39 is 17.9 Å². The average Bonchev–Trinajstić information content (AvgIpc) is 3.22. The number of hydrogen-bond acceptors (Lipinski definition) is 6. The van der Waals surface area contributed by atoms with Crippen molar-refractivity contribution in [2.45, 2.75) is 6.04 Å². The van der Waals surface area contributed by atoms with Gasteiger partial charge in [0, 0.05) is 0 Å². The molecule has 1 N–H and O–H groups in total.